The molecule has 0 saturated carbocycles. The molecule has 1 N–H and O–H groups in total. The van der Waals surface area contributed by atoms with E-state index in [2.05, 4.69) is 25.2 Å². The molecule has 2 heterocycles. The Morgan fingerprint density at radius 3 is 2.49 bits per heavy atom. The first-order valence-corrected chi connectivity index (χ1v) is 16.4. The first kappa shape index (κ1) is 33.4. The van der Waals surface area contributed by atoms with Gasteiger partial charge in [-0.05, 0) is 73.2 Å². The number of allylic oxidation sites excluding steroid dienone is 2. The fourth-order valence-electron chi connectivity index (χ4n) is 5.65. The highest BCUT2D eigenvalue weighted by Crippen LogP contribution is 2.47. The van der Waals surface area contributed by atoms with Crippen LogP contribution in [0.5, 0.6) is 5.75 Å². The van der Waals surface area contributed by atoms with E-state index >= 15 is 0 Å². The number of esters is 1. The summed E-state index contributed by atoms with van der Waals surface area (Å²) in [5.41, 5.74) is 3.36. The highest BCUT2D eigenvalue weighted by atomic mass is 32.1. The summed E-state index contributed by atoms with van der Waals surface area (Å²) in [5, 5.41) is 13.2. The molecule has 0 radical (unpaired) electrons. The summed E-state index contributed by atoms with van der Waals surface area (Å²) in [5.74, 6) is -1.10. The summed E-state index contributed by atoms with van der Waals surface area (Å²) in [6.45, 7) is 10.5. The maximum atomic E-state index is 12.9. The van der Waals surface area contributed by atoms with E-state index in [9.17, 15) is 24.4 Å². The summed E-state index contributed by atoms with van der Waals surface area (Å²) >= 11 is 1.34. The van der Waals surface area contributed by atoms with Crippen molar-refractivity contribution in [3.8, 4) is 11.8 Å². The van der Waals surface area contributed by atoms with Gasteiger partial charge in [0.25, 0.3) is 17.7 Å². The van der Waals surface area contributed by atoms with Crippen LogP contribution in [0.25, 0.3) is 12.2 Å². The van der Waals surface area contributed by atoms with Crippen molar-refractivity contribution in [2.45, 2.75) is 52.9 Å². The number of rotatable bonds is 11. The van der Waals surface area contributed by atoms with Gasteiger partial charge in [0.15, 0.2) is 6.61 Å². The third-order valence-corrected chi connectivity index (χ3v) is 9.54. The number of carbonyl (C=O) groups is 4. The minimum atomic E-state index is -0.803. The fourth-order valence-corrected chi connectivity index (χ4v) is 6.89. The van der Waals surface area contributed by atoms with Crippen LogP contribution >= 0.6 is 11.3 Å². The van der Waals surface area contributed by atoms with Gasteiger partial charge in [0, 0.05) is 22.4 Å². The molecule has 0 unspecified atom stereocenters. The van der Waals surface area contributed by atoms with Crippen molar-refractivity contribution < 1.29 is 28.7 Å². The van der Waals surface area contributed by atoms with Gasteiger partial charge in [0.1, 0.15) is 16.8 Å². The molecule has 2 aromatic carbocycles. The number of fused-ring (bicyclic) bond motifs is 2. The minimum Gasteiger partial charge on any atom is -0.494 e. The van der Waals surface area contributed by atoms with E-state index in [1.165, 1.54) is 34.4 Å². The number of thiophene rings is 1. The Hall–Kier alpha value is -5.01. The third-order valence-electron chi connectivity index (χ3n) is 8.05. The Morgan fingerprint density at radius 1 is 1.09 bits per heavy atom. The molecule has 0 saturated heterocycles. The summed E-state index contributed by atoms with van der Waals surface area (Å²) in [6, 6.07) is 14.3. The molecule has 10 heteroatoms. The van der Waals surface area contributed by atoms with Crippen LogP contribution in [0, 0.1) is 17.2 Å². The zero-order chi connectivity index (χ0) is 33.9. The van der Waals surface area contributed by atoms with Crippen LogP contribution in [0.2, 0.25) is 0 Å². The normalized spacial score (nSPS) is 14.9. The van der Waals surface area contributed by atoms with Gasteiger partial charge in [0.05, 0.1) is 28.9 Å². The Balaban J connectivity index is 1.25. The molecule has 0 spiro atoms. The molecule has 0 bridgehead atoms. The first-order chi connectivity index (χ1) is 22.4. The molecular weight excluding hydrogens is 614 g/mol. The molecule has 3 aromatic rings. The molecule has 1 aromatic heterocycles. The molecular formula is C37H37N3O6S. The number of nitrogens with one attached hydrogen (secondary N) is 1. The lowest BCUT2D eigenvalue weighted by molar-refractivity contribution is -0.119. The number of ether oxygens (including phenoxy) is 2. The van der Waals surface area contributed by atoms with Crippen molar-refractivity contribution >= 4 is 52.2 Å². The highest BCUT2D eigenvalue weighted by molar-refractivity contribution is 7.17. The Morgan fingerprint density at radius 2 is 1.81 bits per heavy atom. The second-order valence-corrected chi connectivity index (χ2v) is 13.6. The molecule has 1 aliphatic carbocycles. The lowest BCUT2D eigenvalue weighted by Gasteiger charge is -2.29. The summed E-state index contributed by atoms with van der Waals surface area (Å²) < 4.78 is 10.8. The molecule has 0 fully saturated rings. The van der Waals surface area contributed by atoms with Crippen LogP contribution < -0.4 is 10.1 Å². The molecule has 2 aliphatic rings. The topological polar surface area (TPSA) is 126 Å². The van der Waals surface area contributed by atoms with E-state index in [-0.39, 0.29) is 28.0 Å². The lowest BCUT2D eigenvalue weighted by atomic mass is 9.77. The molecule has 9 nitrogen and oxygen atoms in total. The van der Waals surface area contributed by atoms with Gasteiger partial charge >= 0.3 is 5.97 Å². The Kier molecular flexibility index (Phi) is 9.77. The van der Waals surface area contributed by atoms with Crippen molar-refractivity contribution in [3.63, 3.8) is 0 Å². The van der Waals surface area contributed by atoms with Gasteiger partial charge in [-0.15, -0.1) is 11.3 Å². The van der Waals surface area contributed by atoms with Crippen LogP contribution in [0.4, 0.5) is 5.00 Å². The van der Waals surface area contributed by atoms with Gasteiger partial charge in [-0.3, -0.25) is 19.3 Å². The van der Waals surface area contributed by atoms with Gasteiger partial charge in [-0.1, -0.05) is 52.0 Å². The zero-order valence-electron chi connectivity index (χ0n) is 27.1. The van der Waals surface area contributed by atoms with Gasteiger partial charge in [-0.25, -0.2) is 4.79 Å². The van der Waals surface area contributed by atoms with Crippen molar-refractivity contribution in [1.82, 2.24) is 4.90 Å². The predicted octanol–water partition coefficient (Wildman–Crippen LogP) is 7.23. The molecule has 242 valence electrons. The highest BCUT2D eigenvalue weighted by Gasteiger charge is 2.36. The van der Waals surface area contributed by atoms with Crippen molar-refractivity contribution in [1.29, 1.82) is 5.26 Å². The number of carbonyl (C=O) groups excluding carboxylic acids is 4. The number of nitriles is 1. The van der Waals surface area contributed by atoms with E-state index in [1.807, 2.05) is 63.3 Å². The van der Waals surface area contributed by atoms with Crippen LogP contribution in [0.3, 0.4) is 0 Å². The van der Waals surface area contributed by atoms with Gasteiger partial charge in [0.2, 0.25) is 0 Å². The number of imide groups is 1. The number of hydrogen-bond donors (Lipinski definition) is 1. The standard InChI is InChI=1S/C37H37N3O6S/c1-6-45-26-12-9-23(10-13-26)7-8-24-17-28-30(20-38)33(47-32(28)37(4,5)19-24)39-31(41)21-46-36(44)25-11-14-27-29(18-25)35(43)40(34(27)42)16-15-22(2)3/h7-14,17-18,22H,6,15-16,19,21H2,1-5H3,(H,39,41)/b8-7+. The average Bonchev–Trinajstić information content (AvgIpc) is 3.51. The molecule has 3 amide bonds. The van der Waals surface area contributed by atoms with Crippen LogP contribution in [0.1, 0.15) is 100 Å². The zero-order valence-corrected chi connectivity index (χ0v) is 28.0. The van der Waals surface area contributed by atoms with E-state index in [0.29, 0.717) is 36.1 Å². The second-order valence-electron chi connectivity index (χ2n) is 12.6. The number of benzene rings is 2. The first-order valence-electron chi connectivity index (χ1n) is 15.6. The van der Waals surface area contributed by atoms with Gasteiger partial charge in [-0.2, -0.15) is 5.26 Å². The summed E-state index contributed by atoms with van der Waals surface area (Å²) in [4.78, 5) is 53.4. The maximum absolute atomic E-state index is 12.9. The third kappa shape index (κ3) is 7.21. The Bertz CT molecular complexity index is 1840. The SMILES string of the molecule is CCOc1ccc(/C=C/C2=Cc3c(sc(NC(=O)COC(=O)c4ccc5c(c4)C(=O)N(CCC(C)C)C5=O)c3C#N)C(C)(C)C2)cc1. The van der Waals surface area contributed by atoms with Crippen LogP contribution in [0.15, 0.2) is 54.1 Å². The van der Waals surface area contributed by atoms with Crippen molar-refractivity contribution in [3.05, 3.63) is 92.4 Å². The maximum Gasteiger partial charge on any atom is 0.338 e. The number of anilines is 1. The van der Waals surface area contributed by atoms with Crippen molar-refractivity contribution in [2.24, 2.45) is 5.92 Å². The average molecular weight is 652 g/mol. The van der Waals surface area contributed by atoms with E-state index in [1.54, 1.807) is 0 Å². The Labute approximate surface area is 278 Å². The molecule has 1 aliphatic heterocycles. The largest absolute Gasteiger partial charge is 0.494 e. The summed E-state index contributed by atoms with van der Waals surface area (Å²) in [7, 11) is 0. The van der Waals surface area contributed by atoms with Crippen LogP contribution in [-0.4, -0.2) is 48.3 Å². The summed E-state index contributed by atoms with van der Waals surface area (Å²) in [6.07, 6.45) is 7.47. The molecule has 47 heavy (non-hydrogen) atoms. The number of nitrogens with zero attached hydrogens (tertiary/aromatic N) is 2. The second kappa shape index (κ2) is 13.8. The van der Waals surface area contributed by atoms with Gasteiger partial charge < -0.3 is 14.8 Å². The molecule has 0 atom stereocenters. The number of amides is 3. The van der Waals surface area contributed by atoms with E-state index in [4.69, 9.17) is 9.47 Å². The van der Waals surface area contributed by atoms with E-state index < -0.39 is 24.4 Å². The fraction of sp³-hybridized carbons (Fsp3) is 0.324. The van der Waals surface area contributed by atoms with E-state index in [0.717, 1.165) is 33.7 Å². The monoisotopic (exact) mass is 651 g/mol. The van der Waals surface area contributed by atoms with Crippen LogP contribution in [-0.2, 0) is 14.9 Å². The molecule has 5 rings (SSSR count). The minimum absolute atomic E-state index is 0.0606. The van der Waals surface area contributed by atoms with Crippen molar-refractivity contribution in [2.75, 3.05) is 25.1 Å². The quantitative estimate of drug-likeness (QED) is 0.171. The number of hydrogen-bond acceptors (Lipinski definition) is 8. The lowest BCUT2D eigenvalue weighted by Crippen LogP contribution is -2.31. The smallest absolute Gasteiger partial charge is 0.338 e. The predicted molar refractivity (Wildman–Crippen MR) is 181 cm³/mol.